The molecule has 154 valence electrons. The van der Waals surface area contributed by atoms with E-state index in [4.69, 9.17) is 14.7 Å². The van der Waals surface area contributed by atoms with Crippen molar-refractivity contribution < 1.29 is 4.74 Å². The summed E-state index contributed by atoms with van der Waals surface area (Å²) in [7, 11) is 0. The van der Waals surface area contributed by atoms with Gasteiger partial charge in [-0.3, -0.25) is 0 Å². The second-order valence-electron chi connectivity index (χ2n) is 11.0. The van der Waals surface area contributed by atoms with Gasteiger partial charge in [0.15, 0.2) is 0 Å². The minimum absolute atomic E-state index is 0.183. The number of nitrogens with zero attached hydrogens (tertiary/aromatic N) is 3. The Hall–Kier alpha value is -1.88. The van der Waals surface area contributed by atoms with Gasteiger partial charge in [-0.25, -0.2) is 4.98 Å². The lowest BCUT2D eigenvalue weighted by Crippen LogP contribution is -2.61. The molecule has 2 atom stereocenters. The number of ether oxygens (including phenoxy) is 1. The Labute approximate surface area is 173 Å². The van der Waals surface area contributed by atoms with E-state index < -0.39 is 0 Å². The van der Waals surface area contributed by atoms with Gasteiger partial charge in [0.2, 0.25) is 5.95 Å². The highest BCUT2D eigenvalue weighted by molar-refractivity contribution is 5.90. The van der Waals surface area contributed by atoms with Gasteiger partial charge in [-0.05, 0) is 67.4 Å². The van der Waals surface area contributed by atoms with Crippen molar-refractivity contribution in [2.24, 2.45) is 16.7 Å². The Bertz CT molecular complexity index is 935. The van der Waals surface area contributed by atoms with Crippen molar-refractivity contribution >= 4 is 22.7 Å². The van der Waals surface area contributed by atoms with E-state index in [1.54, 1.807) is 0 Å². The molecule has 1 saturated heterocycles. The van der Waals surface area contributed by atoms with Crippen LogP contribution in [0.25, 0.3) is 10.9 Å². The minimum atomic E-state index is 0.183. The fraction of sp³-hybridized carbons (Fsp3) is 0.667. The average molecular weight is 393 g/mol. The Kier molecular flexibility index (Phi) is 3.75. The number of rotatable bonds is 3. The Morgan fingerprint density at radius 2 is 1.69 bits per heavy atom. The normalized spacial score (nSPS) is 38.6. The number of hydrogen-bond donors (Lipinski definition) is 1. The number of benzene rings is 1. The number of aromatic nitrogens is 2. The number of para-hydroxylation sites is 1. The first-order chi connectivity index (χ1) is 13.9. The fourth-order valence-corrected chi connectivity index (χ4v) is 7.90. The largest absolute Gasteiger partial charge is 0.378 e. The van der Waals surface area contributed by atoms with Crippen LogP contribution in [0.5, 0.6) is 0 Å². The molecule has 1 N–H and O–H groups in total. The third-order valence-corrected chi connectivity index (χ3v) is 7.90. The molecule has 4 saturated carbocycles. The van der Waals surface area contributed by atoms with Crippen LogP contribution < -0.4 is 10.2 Å². The standard InChI is InChI=1S/C24H32N4O/c1-22-11-17-12-23(2,14-22)16-24(13-17,15-22)27-20-18-5-3-4-6-19(18)25-21(26-20)28-7-9-29-10-8-28/h3-6,17H,7-16H2,1-2H3,(H,25,26,27)/t17?,22-,23-,24?/m0/s1. The van der Waals surface area contributed by atoms with Crippen molar-refractivity contribution in [2.45, 2.75) is 57.9 Å². The molecular weight excluding hydrogens is 360 g/mol. The van der Waals surface area contributed by atoms with Crippen molar-refractivity contribution in [2.75, 3.05) is 36.5 Å². The lowest BCUT2D eigenvalue weighted by Gasteiger charge is -2.65. The van der Waals surface area contributed by atoms with Crippen molar-refractivity contribution in [1.82, 2.24) is 9.97 Å². The molecule has 1 aromatic carbocycles. The zero-order valence-corrected chi connectivity index (χ0v) is 17.7. The van der Waals surface area contributed by atoms with E-state index in [9.17, 15) is 0 Å². The first-order valence-electron chi connectivity index (χ1n) is 11.3. The van der Waals surface area contributed by atoms with E-state index in [2.05, 4.69) is 48.3 Å². The van der Waals surface area contributed by atoms with E-state index in [0.29, 0.717) is 10.8 Å². The SMILES string of the molecule is C[C@@]12CC3CC(Nc4nc(N5CCOCC5)nc5ccccc45)(C1)C[C@@](C)(C3)C2. The van der Waals surface area contributed by atoms with Crippen LogP contribution in [-0.2, 0) is 4.74 Å². The van der Waals surface area contributed by atoms with E-state index >= 15 is 0 Å². The summed E-state index contributed by atoms with van der Waals surface area (Å²) in [6.45, 7) is 8.29. The lowest BCUT2D eigenvalue weighted by molar-refractivity contribution is -0.0973. The predicted octanol–water partition coefficient (Wildman–Crippen LogP) is 4.63. The summed E-state index contributed by atoms with van der Waals surface area (Å²) in [4.78, 5) is 12.3. The van der Waals surface area contributed by atoms with Crippen molar-refractivity contribution in [3.05, 3.63) is 24.3 Å². The first-order valence-corrected chi connectivity index (χ1v) is 11.3. The molecule has 2 heterocycles. The highest BCUT2D eigenvalue weighted by atomic mass is 16.5. The van der Waals surface area contributed by atoms with Gasteiger partial charge in [-0.1, -0.05) is 26.0 Å². The molecule has 0 unspecified atom stereocenters. The monoisotopic (exact) mass is 392 g/mol. The van der Waals surface area contributed by atoms with Gasteiger partial charge in [0, 0.05) is 24.0 Å². The third kappa shape index (κ3) is 3.00. The zero-order chi connectivity index (χ0) is 19.7. The van der Waals surface area contributed by atoms with Gasteiger partial charge in [0.1, 0.15) is 5.82 Å². The van der Waals surface area contributed by atoms with Gasteiger partial charge in [0.05, 0.1) is 18.7 Å². The molecule has 1 aliphatic heterocycles. The molecule has 4 bridgehead atoms. The summed E-state index contributed by atoms with van der Waals surface area (Å²) in [5.74, 6) is 2.74. The van der Waals surface area contributed by atoms with Crippen LogP contribution in [0, 0.1) is 16.7 Å². The number of fused-ring (bicyclic) bond motifs is 1. The average Bonchev–Trinajstić information content (AvgIpc) is 2.65. The van der Waals surface area contributed by atoms with Gasteiger partial charge in [-0.15, -0.1) is 0 Å². The molecule has 4 aliphatic carbocycles. The quantitative estimate of drug-likeness (QED) is 0.825. The Morgan fingerprint density at radius 3 is 2.41 bits per heavy atom. The van der Waals surface area contributed by atoms with E-state index in [0.717, 1.165) is 54.9 Å². The number of nitrogens with one attached hydrogen (secondary N) is 1. The molecule has 5 heteroatoms. The van der Waals surface area contributed by atoms with E-state index in [1.165, 1.54) is 38.5 Å². The second-order valence-corrected chi connectivity index (χ2v) is 11.0. The van der Waals surface area contributed by atoms with Crippen LogP contribution in [-0.4, -0.2) is 41.8 Å². The molecule has 5 nitrogen and oxygen atoms in total. The Morgan fingerprint density at radius 1 is 0.966 bits per heavy atom. The van der Waals surface area contributed by atoms with Crippen LogP contribution in [0.15, 0.2) is 24.3 Å². The summed E-state index contributed by atoms with van der Waals surface area (Å²) in [6.07, 6.45) is 8.06. The minimum Gasteiger partial charge on any atom is -0.378 e. The van der Waals surface area contributed by atoms with Gasteiger partial charge >= 0.3 is 0 Å². The molecule has 5 aliphatic rings. The highest BCUT2D eigenvalue weighted by Crippen LogP contribution is 2.66. The Balaban J connectivity index is 1.41. The van der Waals surface area contributed by atoms with Crippen molar-refractivity contribution in [1.29, 1.82) is 0 Å². The van der Waals surface area contributed by atoms with Crippen LogP contribution in [0.2, 0.25) is 0 Å². The van der Waals surface area contributed by atoms with Crippen LogP contribution in [0.3, 0.4) is 0 Å². The maximum atomic E-state index is 5.54. The fourth-order valence-electron chi connectivity index (χ4n) is 7.90. The van der Waals surface area contributed by atoms with Crippen molar-refractivity contribution in [3.8, 4) is 0 Å². The zero-order valence-electron chi connectivity index (χ0n) is 17.7. The van der Waals surface area contributed by atoms with Gasteiger partial charge in [0.25, 0.3) is 0 Å². The second kappa shape index (κ2) is 6.07. The number of morpholine rings is 1. The molecule has 5 fully saturated rings. The summed E-state index contributed by atoms with van der Waals surface area (Å²) in [5.41, 5.74) is 2.18. The maximum Gasteiger partial charge on any atom is 0.228 e. The first kappa shape index (κ1) is 17.9. The molecule has 0 amide bonds. The van der Waals surface area contributed by atoms with Gasteiger partial charge < -0.3 is 15.0 Å². The predicted molar refractivity (Wildman–Crippen MR) is 116 cm³/mol. The molecular formula is C24H32N4O. The molecule has 7 rings (SSSR count). The number of hydrogen-bond acceptors (Lipinski definition) is 5. The molecule has 2 aromatic rings. The molecule has 0 radical (unpaired) electrons. The smallest absolute Gasteiger partial charge is 0.228 e. The molecule has 0 spiro atoms. The van der Waals surface area contributed by atoms with Crippen molar-refractivity contribution in [3.63, 3.8) is 0 Å². The van der Waals surface area contributed by atoms with Crippen LogP contribution in [0.1, 0.15) is 52.4 Å². The van der Waals surface area contributed by atoms with E-state index in [-0.39, 0.29) is 5.54 Å². The van der Waals surface area contributed by atoms with E-state index in [1.807, 2.05) is 0 Å². The topological polar surface area (TPSA) is 50.3 Å². The summed E-state index contributed by atoms with van der Waals surface area (Å²) in [6, 6.07) is 8.47. The molecule has 29 heavy (non-hydrogen) atoms. The van der Waals surface area contributed by atoms with Crippen LogP contribution >= 0.6 is 0 Å². The summed E-state index contributed by atoms with van der Waals surface area (Å²) >= 11 is 0. The molecule has 1 aromatic heterocycles. The highest BCUT2D eigenvalue weighted by Gasteiger charge is 2.60. The lowest BCUT2D eigenvalue weighted by atomic mass is 9.43. The summed E-state index contributed by atoms with van der Waals surface area (Å²) < 4.78 is 5.54. The van der Waals surface area contributed by atoms with Crippen LogP contribution in [0.4, 0.5) is 11.8 Å². The third-order valence-electron chi connectivity index (χ3n) is 7.90. The maximum absolute atomic E-state index is 5.54. The number of anilines is 2. The van der Waals surface area contributed by atoms with Gasteiger partial charge in [-0.2, -0.15) is 4.98 Å². The summed E-state index contributed by atoms with van der Waals surface area (Å²) in [5, 5.41) is 5.20.